The van der Waals surface area contributed by atoms with Crippen molar-refractivity contribution in [1.29, 1.82) is 0 Å². The predicted molar refractivity (Wildman–Crippen MR) is 99.9 cm³/mol. The standard InChI is InChI=1S/C21H23NO5/c1-14(2)26-13-7-11-22-18(16-10-6-12-27-16)17(20(24)21(22)25)19(23)15-8-4-3-5-9-15/h3-6,8-10,12,14,18,23H,7,11,13H2,1-2H3/b19-17+. The van der Waals surface area contributed by atoms with E-state index in [2.05, 4.69) is 0 Å². The molecule has 3 rings (SSSR count). The summed E-state index contributed by atoms with van der Waals surface area (Å²) in [4.78, 5) is 26.8. The minimum atomic E-state index is -0.751. The fourth-order valence-corrected chi connectivity index (χ4v) is 3.16. The number of rotatable bonds is 7. The number of likely N-dealkylation sites (tertiary alicyclic amines) is 1. The lowest BCUT2D eigenvalue weighted by molar-refractivity contribution is -0.140. The van der Waals surface area contributed by atoms with Crippen LogP contribution in [0.15, 0.2) is 58.7 Å². The zero-order chi connectivity index (χ0) is 19.4. The molecule has 6 nitrogen and oxygen atoms in total. The van der Waals surface area contributed by atoms with Crippen LogP contribution in [-0.2, 0) is 14.3 Å². The monoisotopic (exact) mass is 369 g/mol. The van der Waals surface area contributed by atoms with Crippen LogP contribution in [0.4, 0.5) is 0 Å². The van der Waals surface area contributed by atoms with Crippen molar-refractivity contribution in [2.75, 3.05) is 13.2 Å². The summed E-state index contributed by atoms with van der Waals surface area (Å²) in [5.74, 6) is -1.10. The topological polar surface area (TPSA) is 80.0 Å². The first kappa shape index (κ1) is 18.9. The van der Waals surface area contributed by atoms with Gasteiger partial charge < -0.3 is 19.2 Å². The van der Waals surface area contributed by atoms with Crippen LogP contribution in [0.1, 0.15) is 37.6 Å². The van der Waals surface area contributed by atoms with Crippen LogP contribution in [0.3, 0.4) is 0 Å². The van der Waals surface area contributed by atoms with Gasteiger partial charge in [-0.3, -0.25) is 9.59 Å². The van der Waals surface area contributed by atoms with Gasteiger partial charge in [0.2, 0.25) is 0 Å². The minimum absolute atomic E-state index is 0.0472. The van der Waals surface area contributed by atoms with E-state index in [-0.39, 0.29) is 17.4 Å². The summed E-state index contributed by atoms with van der Waals surface area (Å²) >= 11 is 0. The number of hydrogen-bond donors (Lipinski definition) is 1. The number of aliphatic hydroxyl groups excluding tert-OH is 1. The molecule has 1 N–H and O–H groups in total. The van der Waals surface area contributed by atoms with E-state index in [0.29, 0.717) is 30.9 Å². The molecule has 1 aromatic carbocycles. The third kappa shape index (κ3) is 3.95. The van der Waals surface area contributed by atoms with Gasteiger partial charge in [-0.1, -0.05) is 30.3 Å². The molecule has 0 spiro atoms. The number of furan rings is 1. The smallest absolute Gasteiger partial charge is 0.295 e. The first-order chi connectivity index (χ1) is 13.0. The number of ether oxygens (including phenoxy) is 1. The fourth-order valence-electron chi connectivity index (χ4n) is 3.16. The molecule has 1 atom stereocenters. The highest BCUT2D eigenvalue weighted by Crippen LogP contribution is 2.39. The zero-order valence-electron chi connectivity index (χ0n) is 15.4. The molecule has 1 aliphatic rings. The Bertz CT molecular complexity index is 824. The van der Waals surface area contributed by atoms with Gasteiger partial charge in [-0.25, -0.2) is 0 Å². The van der Waals surface area contributed by atoms with Crippen LogP contribution in [-0.4, -0.2) is 41.0 Å². The predicted octanol–water partition coefficient (Wildman–Crippen LogP) is 3.52. The van der Waals surface area contributed by atoms with Gasteiger partial charge in [0, 0.05) is 18.7 Å². The normalized spacial score (nSPS) is 19.2. The van der Waals surface area contributed by atoms with Crippen LogP contribution in [0.2, 0.25) is 0 Å². The number of benzene rings is 1. The van der Waals surface area contributed by atoms with Gasteiger partial charge in [-0.15, -0.1) is 0 Å². The molecule has 0 aliphatic carbocycles. The van der Waals surface area contributed by atoms with Gasteiger partial charge in [0.05, 0.1) is 17.9 Å². The summed E-state index contributed by atoms with van der Waals surface area (Å²) in [6.45, 7) is 4.68. The van der Waals surface area contributed by atoms with Gasteiger partial charge >= 0.3 is 0 Å². The Hall–Kier alpha value is -2.86. The SMILES string of the molecule is CC(C)OCCCN1C(=O)C(=O)/C(=C(/O)c2ccccc2)C1c1ccco1. The molecule has 1 aromatic heterocycles. The van der Waals surface area contributed by atoms with Crippen molar-refractivity contribution in [2.24, 2.45) is 0 Å². The molecule has 0 bridgehead atoms. The van der Waals surface area contributed by atoms with Crippen molar-refractivity contribution in [3.8, 4) is 0 Å². The zero-order valence-corrected chi connectivity index (χ0v) is 15.4. The van der Waals surface area contributed by atoms with E-state index >= 15 is 0 Å². The first-order valence-corrected chi connectivity index (χ1v) is 8.99. The van der Waals surface area contributed by atoms with Crippen molar-refractivity contribution >= 4 is 17.4 Å². The highest BCUT2D eigenvalue weighted by molar-refractivity contribution is 6.46. The quantitative estimate of drug-likeness (QED) is 0.350. The molecule has 0 radical (unpaired) electrons. The van der Waals surface area contributed by atoms with Crippen molar-refractivity contribution in [2.45, 2.75) is 32.4 Å². The molecule has 27 heavy (non-hydrogen) atoms. The number of aliphatic hydroxyl groups is 1. The summed E-state index contributed by atoms with van der Waals surface area (Å²) in [5, 5.41) is 10.8. The maximum Gasteiger partial charge on any atom is 0.295 e. The molecular formula is C21H23NO5. The molecule has 1 unspecified atom stereocenters. The Morgan fingerprint density at radius 1 is 1.19 bits per heavy atom. The number of amides is 1. The molecule has 1 aliphatic heterocycles. The maximum absolute atomic E-state index is 12.7. The maximum atomic E-state index is 12.7. The van der Waals surface area contributed by atoms with Crippen LogP contribution in [0.25, 0.3) is 5.76 Å². The van der Waals surface area contributed by atoms with E-state index in [1.54, 1.807) is 36.4 Å². The van der Waals surface area contributed by atoms with Crippen LogP contribution >= 0.6 is 0 Å². The van der Waals surface area contributed by atoms with E-state index in [9.17, 15) is 14.7 Å². The van der Waals surface area contributed by atoms with Crippen LogP contribution in [0, 0.1) is 0 Å². The molecular weight excluding hydrogens is 346 g/mol. The number of hydrogen-bond acceptors (Lipinski definition) is 5. The van der Waals surface area contributed by atoms with E-state index in [4.69, 9.17) is 9.15 Å². The summed E-state index contributed by atoms with van der Waals surface area (Å²) < 4.78 is 11.0. The lowest BCUT2D eigenvalue weighted by Crippen LogP contribution is -2.31. The molecule has 0 saturated carbocycles. The molecule has 2 aromatic rings. The van der Waals surface area contributed by atoms with Gasteiger partial charge in [-0.05, 0) is 32.4 Å². The highest BCUT2D eigenvalue weighted by Gasteiger charge is 2.47. The summed E-state index contributed by atoms with van der Waals surface area (Å²) in [6, 6.07) is 11.4. The van der Waals surface area contributed by atoms with Gasteiger partial charge in [0.1, 0.15) is 17.6 Å². The molecule has 142 valence electrons. The van der Waals surface area contributed by atoms with Crippen molar-refractivity contribution in [3.05, 3.63) is 65.6 Å². The van der Waals surface area contributed by atoms with E-state index in [0.717, 1.165) is 0 Å². The lowest BCUT2D eigenvalue weighted by atomic mass is 9.99. The second-order valence-electron chi connectivity index (χ2n) is 6.65. The van der Waals surface area contributed by atoms with Crippen molar-refractivity contribution < 1.29 is 23.8 Å². The van der Waals surface area contributed by atoms with E-state index < -0.39 is 17.7 Å². The Balaban J connectivity index is 1.95. The van der Waals surface area contributed by atoms with Gasteiger partial charge in [0.15, 0.2) is 0 Å². The second kappa shape index (κ2) is 8.22. The van der Waals surface area contributed by atoms with Crippen LogP contribution < -0.4 is 0 Å². The largest absolute Gasteiger partial charge is 0.507 e. The molecule has 6 heteroatoms. The number of carbonyl (C=O) groups is 2. The third-order valence-corrected chi connectivity index (χ3v) is 4.39. The molecule has 1 saturated heterocycles. The number of ketones is 1. The number of nitrogens with zero attached hydrogens (tertiary/aromatic N) is 1. The van der Waals surface area contributed by atoms with E-state index in [1.807, 2.05) is 19.9 Å². The average Bonchev–Trinajstić information content (AvgIpc) is 3.27. The lowest BCUT2D eigenvalue weighted by Gasteiger charge is -2.23. The Labute approximate surface area is 158 Å². The van der Waals surface area contributed by atoms with Gasteiger partial charge in [-0.2, -0.15) is 0 Å². The Morgan fingerprint density at radius 3 is 2.56 bits per heavy atom. The number of Topliss-reactive ketones (excluding diaryl/α,β-unsaturated/α-hetero) is 1. The highest BCUT2D eigenvalue weighted by atomic mass is 16.5. The van der Waals surface area contributed by atoms with E-state index in [1.165, 1.54) is 11.2 Å². The molecule has 2 heterocycles. The fraction of sp³-hybridized carbons (Fsp3) is 0.333. The second-order valence-corrected chi connectivity index (χ2v) is 6.65. The summed E-state index contributed by atoms with van der Waals surface area (Å²) in [5.41, 5.74) is 0.529. The molecule has 1 amide bonds. The summed E-state index contributed by atoms with van der Waals surface area (Å²) in [6.07, 6.45) is 2.16. The third-order valence-electron chi connectivity index (χ3n) is 4.39. The average molecular weight is 369 g/mol. The van der Waals surface area contributed by atoms with Crippen LogP contribution in [0.5, 0.6) is 0 Å². The van der Waals surface area contributed by atoms with Crippen molar-refractivity contribution in [3.63, 3.8) is 0 Å². The van der Waals surface area contributed by atoms with Crippen molar-refractivity contribution in [1.82, 2.24) is 4.90 Å². The molecule has 1 fully saturated rings. The summed E-state index contributed by atoms with van der Waals surface area (Å²) in [7, 11) is 0. The minimum Gasteiger partial charge on any atom is -0.507 e. The first-order valence-electron chi connectivity index (χ1n) is 8.99. The van der Waals surface area contributed by atoms with Gasteiger partial charge in [0.25, 0.3) is 11.7 Å². The Morgan fingerprint density at radius 2 is 1.93 bits per heavy atom. The Kier molecular flexibility index (Phi) is 5.76. The number of carbonyl (C=O) groups excluding carboxylic acids is 2.